The van der Waals surface area contributed by atoms with Crippen molar-refractivity contribution in [3.8, 4) is 5.75 Å². The van der Waals surface area contributed by atoms with Crippen molar-refractivity contribution in [2.75, 3.05) is 19.7 Å². The Morgan fingerprint density at radius 2 is 1.96 bits per heavy atom. The van der Waals surface area contributed by atoms with Crippen molar-refractivity contribution in [1.82, 2.24) is 9.88 Å². The van der Waals surface area contributed by atoms with Crippen molar-refractivity contribution in [2.45, 2.75) is 20.3 Å². The number of ether oxygens (including phenoxy) is 1. The summed E-state index contributed by atoms with van der Waals surface area (Å²) in [6, 6.07) is 8.19. The number of halogens is 1. The fourth-order valence-electron chi connectivity index (χ4n) is 2.31. The first-order valence-corrected chi connectivity index (χ1v) is 7.76. The summed E-state index contributed by atoms with van der Waals surface area (Å²) in [6.07, 6.45) is 4.20. The number of carbonyl (C=O) groups excluding carboxylic acids is 1. The van der Waals surface area contributed by atoms with Crippen molar-refractivity contribution in [3.63, 3.8) is 0 Å². The molecule has 0 saturated heterocycles. The van der Waals surface area contributed by atoms with Crippen LogP contribution in [0.4, 0.5) is 4.39 Å². The Morgan fingerprint density at radius 3 is 2.57 bits per heavy atom. The third-order valence-electron chi connectivity index (χ3n) is 3.57. The Morgan fingerprint density at radius 1 is 1.22 bits per heavy atom. The predicted octanol–water partition coefficient (Wildman–Crippen LogP) is 3.32. The Balaban J connectivity index is 2.05. The minimum atomic E-state index is -0.511. The van der Waals surface area contributed by atoms with Crippen LogP contribution in [0.2, 0.25) is 0 Å². The van der Waals surface area contributed by atoms with Gasteiger partial charge in [-0.05, 0) is 56.2 Å². The van der Waals surface area contributed by atoms with Gasteiger partial charge in [-0.15, -0.1) is 0 Å². The lowest BCUT2D eigenvalue weighted by atomic mass is 10.1. The molecule has 0 saturated carbocycles. The van der Waals surface area contributed by atoms with Gasteiger partial charge >= 0.3 is 0 Å². The van der Waals surface area contributed by atoms with E-state index in [0.29, 0.717) is 25.3 Å². The monoisotopic (exact) mass is 316 g/mol. The van der Waals surface area contributed by atoms with E-state index in [9.17, 15) is 9.18 Å². The molecule has 0 spiro atoms. The summed E-state index contributed by atoms with van der Waals surface area (Å²) in [5, 5.41) is 0. The third-order valence-corrected chi connectivity index (χ3v) is 3.57. The van der Waals surface area contributed by atoms with Crippen LogP contribution in [0.25, 0.3) is 0 Å². The van der Waals surface area contributed by atoms with Crippen LogP contribution in [0.15, 0.2) is 42.7 Å². The molecule has 0 unspecified atom stereocenters. The van der Waals surface area contributed by atoms with Gasteiger partial charge in [-0.1, -0.05) is 0 Å². The van der Waals surface area contributed by atoms with E-state index in [1.807, 2.05) is 19.1 Å². The molecule has 1 amide bonds. The summed E-state index contributed by atoms with van der Waals surface area (Å²) < 4.78 is 19.1. The van der Waals surface area contributed by atoms with Crippen molar-refractivity contribution < 1.29 is 13.9 Å². The molecule has 0 radical (unpaired) electrons. The zero-order valence-electron chi connectivity index (χ0n) is 13.5. The number of benzene rings is 1. The Hall–Kier alpha value is -2.43. The summed E-state index contributed by atoms with van der Waals surface area (Å²) in [5.74, 6) is -0.518. The van der Waals surface area contributed by atoms with Crippen LogP contribution in [0.5, 0.6) is 5.75 Å². The molecule has 1 aromatic heterocycles. The van der Waals surface area contributed by atoms with Gasteiger partial charge in [-0.3, -0.25) is 9.78 Å². The number of hydrogen-bond donors (Lipinski definition) is 0. The topological polar surface area (TPSA) is 42.4 Å². The summed E-state index contributed by atoms with van der Waals surface area (Å²) in [7, 11) is 0. The van der Waals surface area contributed by atoms with Crippen molar-refractivity contribution in [3.05, 3.63) is 59.7 Å². The molecule has 122 valence electrons. The van der Waals surface area contributed by atoms with E-state index in [1.165, 1.54) is 12.1 Å². The fourth-order valence-corrected chi connectivity index (χ4v) is 2.31. The van der Waals surface area contributed by atoms with Gasteiger partial charge in [0.2, 0.25) is 0 Å². The number of aromatic nitrogens is 1. The summed E-state index contributed by atoms with van der Waals surface area (Å²) in [5.41, 5.74) is 1.45. The first-order chi connectivity index (χ1) is 11.2. The van der Waals surface area contributed by atoms with Crippen LogP contribution in [0.3, 0.4) is 0 Å². The molecule has 0 bridgehead atoms. The highest BCUT2D eigenvalue weighted by Gasteiger charge is 2.16. The van der Waals surface area contributed by atoms with E-state index >= 15 is 0 Å². The predicted molar refractivity (Wildman–Crippen MR) is 87.1 cm³/mol. The Kier molecular flexibility index (Phi) is 6.09. The van der Waals surface area contributed by atoms with Crippen molar-refractivity contribution >= 4 is 5.91 Å². The van der Waals surface area contributed by atoms with E-state index in [-0.39, 0.29) is 11.7 Å². The van der Waals surface area contributed by atoms with Crippen LogP contribution in [-0.4, -0.2) is 35.5 Å². The van der Waals surface area contributed by atoms with Gasteiger partial charge in [0.05, 0.1) is 6.61 Å². The second-order valence-electron chi connectivity index (χ2n) is 5.07. The highest BCUT2D eigenvalue weighted by Crippen LogP contribution is 2.19. The largest absolute Gasteiger partial charge is 0.491 e. The number of rotatable bonds is 7. The molecule has 2 rings (SSSR count). The minimum absolute atomic E-state index is 0.170. The van der Waals surface area contributed by atoms with Gasteiger partial charge in [-0.2, -0.15) is 0 Å². The lowest BCUT2D eigenvalue weighted by Gasteiger charge is -2.21. The van der Waals surface area contributed by atoms with Gasteiger partial charge in [-0.25, -0.2) is 4.39 Å². The van der Waals surface area contributed by atoms with Crippen LogP contribution in [-0.2, 0) is 6.42 Å². The van der Waals surface area contributed by atoms with Crippen LogP contribution < -0.4 is 4.74 Å². The summed E-state index contributed by atoms with van der Waals surface area (Å²) in [6.45, 7) is 5.23. The van der Waals surface area contributed by atoms with Crippen LogP contribution in [0.1, 0.15) is 29.8 Å². The molecule has 2 aromatic rings. The van der Waals surface area contributed by atoms with Gasteiger partial charge in [0, 0.05) is 31.0 Å². The molecule has 1 heterocycles. The lowest BCUT2D eigenvalue weighted by molar-refractivity contribution is 0.0765. The van der Waals surface area contributed by atoms with E-state index in [2.05, 4.69) is 4.98 Å². The second kappa shape index (κ2) is 8.27. The average Bonchev–Trinajstić information content (AvgIpc) is 2.58. The number of carbonyl (C=O) groups is 1. The SMILES string of the molecule is CCOc1ccc(C(=O)N(CC)CCc2ccncc2)cc1F. The first-order valence-electron chi connectivity index (χ1n) is 7.76. The number of amides is 1. The van der Waals surface area contributed by atoms with E-state index < -0.39 is 5.82 Å². The quantitative estimate of drug-likeness (QED) is 0.787. The number of pyridine rings is 1. The molecule has 4 nitrogen and oxygen atoms in total. The minimum Gasteiger partial charge on any atom is -0.491 e. The van der Waals surface area contributed by atoms with Gasteiger partial charge < -0.3 is 9.64 Å². The van der Waals surface area contributed by atoms with Crippen molar-refractivity contribution in [1.29, 1.82) is 0 Å². The zero-order valence-corrected chi connectivity index (χ0v) is 13.5. The van der Waals surface area contributed by atoms with E-state index in [0.717, 1.165) is 12.0 Å². The zero-order chi connectivity index (χ0) is 16.7. The molecule has 0 aliphatic rings. The number of nitrogens with zero attached hydrogens (tertiary/aromatic N) is 2. The van der Waals surface area contributed by atoms with Gasteiger partial charge in [0.1, 0.15) is 0 Å². The Bertz CT molecular complexity index is 647. The normalized spacial score (nSPS) is 10.4. The highest BCUT2D eigenvalue weighted by atomic mass is 19.1. The van der Waals surface area contributed by atoms with Gasteiger partial charge in [0.15, 0.2) is 11.6 Å². The molecular formula is C18H21FN2O2. The standard InChI is InChI=1S/C18H21FN2O2/c1-3-21(12-9-14-7-10-20-11-8-14)18(22)15-5-6-17(23-4-2)16(19)13-15/h5-8,10-11,13H,3-4,9,12H2,1-2H3. The molecule has 0 atom stereocenters. The van der Waals surface area contributed by atoms with E-state index in [4.69, 9.17) is 4.74 Å². The van der Waals surface area contributed by atoms with Crippen molar-refractivity contribution in [2.24, 2.45) is 0 Å². The van der Waals surface area contributed by atoms with Crippen LogP contribution in [0, 0.1) is 5.82 Å². The van der Waals surface area contributed by atoms with Crippen LogP contribution >= 0.6 is 0 Å². The number of hydrogen-bond acceptors (Lipinski definition) is 3. The molecule has 0 N–H and O–H groups in total. The smallest absolute Gasteiger partial charge is 0.253 e. The van der Waals surface area contributed by atoms with Gasteiger partial charge in [0.25, 0.3) is 5.91 Å². The summed E-state index contributed by atoms with van der Waals surface area (Å²) in [4.78, 5) is 18.2. The second-order valence-corrected chi connectivity index (χ2v) is 5.07. The van der Waals surface area contributed by atoms with E-state index in [1.54, 1.807) is 30.3 Å². The third kappa shape index (κ3) is 4.52. The highest BCUT2D eigenvalue weighted by molar-refractivity contribution is 5.94. The lowest BCUT2D eigenvalue weighted by Crippen LogP contribution is -2.32. The first kappa shape index (κ1) is 16.9. The molecular weight excluding hydrogens is 295 g/mol. The molecule has 0 aliphatic carbocycles. The molecule has 23 heavy (non-hydrogen) atoms. The Labute approximate surface area is 135 Å². The number of likely N-dealkylation sites (N-methyl/N-ethyl adjacent to an activating group) is 1. The summed E-state index contributed by atoms with van der Waals surface area (Å²) >= 11 is 0. The molecule has 1 aromatic carbocycles. The molecule has 0 aliphatic heterocycles. The maximum atomic E-state index is 13.9. The maximum absolute atomic E-state index is 13.9. The molecule has 5 heteroatoms. The fraction of sp³-hybridized carbons (Fsp3) is 0.333. The maximum Gasteiger partial charge on any atom is 0.253 e. The molecule has 0 fully saturated rings. The average molecular weight is 316 g/mol.